The number of carbonyl (C=O) groups excluding carboxylic acids is 1. The Morgan fingerprint density at radius 3 is 2.29 bits per heavy atom. The normalized spacial score (nSPS) is 26.0. The maximum atomic E-state index is 11.6. The summed E-state index contributed by atoms with van der Waals surface area (Å²) in [6, 6.07) is 0. The monoisotopic (exact) mass is 198 g/mol. The van der Waals surface area contributed by atoms with E-state index in [0.717, 1.165) is 39.0 Å². The third-order valence-electron chi connectivity index (χ3n) is 3.05. The lowest BCUT2D eigenvalue weighted by molar-refractivity contribution is 0.0457. The minimum Gasteiger partial charge on any atom is -0.443 e. The van der Waals surface area contributed by atoms with Gasteiger partial charge in [0.25, 0.3) is 0 Å². The molecule has 4 nitrogen and oxygen atoms in total. The molecule has 2 aliphatic rings. The van der Waals surface area contributed by atoms with Crippen LogP contribution in [0.15, 0.2) is 0 Å². The highest BCUT2D eigenvalue weighted by atomic mass is 16.6. The van der Waals surface area contributed by atoms with E-state index in [4.69, 9.17) is 4.74 Å². The molecule has 2 fully saturated rings. The second kappa shape index (κ2) is 3.42. The van der Waals surface area contributed by atoms with E-state index in [1.54, 1.807) is 0 Å². The van der Waals surface area contributed by atoms with Crippen molar-refractivity contribution in [1.29, 1.82) is 0 Å². The lowest BCUT2D eigenvalue weighted by Crippen LogP contribution is -2.48. The Morgan fingerprint density at radius 2 is 1.79 bits per heavy atom. The fourth-order valence-corrected chi connectivity index (χ4v) is 1.54. The molecule has 1 amide bonds. The van der Waals surface area contributed by atoms with Crippen LogP contribution < -0.4 is 0 Å². The van der Waals surface area contributed by atoms with Crippen molar-refractivity contribution in [2.45, 2.75) is 25.4 Å². The summed E-state index contributed by atoms with van der Waals surface area (Å²) in [6.45, 7) is 5.50. The molecular weight excluding hydrogens is 180 g/mol. The molecule has 0 atom stereocenters. The lowest BCUT2D eigenvalue weighted by Gasteiger charge is -2.32. The van der Waals surface area contributed by atoms with Crippen LogP contribution in [0.3, 0.4) is 0 Å². The van der Waals surface area contributed by atoms with Crippen LogP contribution in [0.5, 0.6) is 0 Å². The van der Waals surface area contributed by atoms with Gasteiger partial charge < -0.3 is 14.5 Å². The second-order valence-electron chi connectivity index (χ2n) is 4.61. The highest BCUT2D eigenvalue weighted by Gasteiger charge is 2.42. The average Bonchev–Trinajstić information content (AvgIpc) is 2.84. The zero-order valence-electron chi connectivity index (χ0n) is 8.95. The van der Waals surface area contributed by atoms with Crippen LogP contribution in [0, 0.1) is 0 Å². The quantitative estimate of drug-likeness (QED) is 0.628. The van der Waals surface area contributed by atoms with Gasteiger partial charge in [-0.3, -0.25) is 0 Å². The van der Waals surface area contributed by atoms with Crippen molar-refractivity contribution in [2.75, 3.05) is 33.2 Å². The van der Waals surface area contributed by atoms with Gasteiger partial charge in [0.05, 0.1) is 0 Å². The van der Waals surface area contributed by atoms with Crippen LogP contribution in [0.25, 0.3) is 0 Å². The Labute approximate surface area is 84.8 Å². The van der Waals surface area contributed by atoms with Gasteiger partial charge in [0, 0.05) is 26.2 Å². The minimum absolute atomic E-state index is 0.127. The fourth-order valence-electron chi connectivity index (χ4n) is 1.54. The molecule has 1 aliphatic heterocycles. The van der Waals surface area contributed by atoms with Gasteiger partial charge in [-0.15, -0.1) is 0 Å². The first-order valence-corrected chi connectivity index (χ1v) is 5.26. The second-order valence-corrected chi connectivity index (χ2v) is 4.61. The van der Waals surface area contributed by atoms with Crippen LogP contribution >= 0.6 is 0 Å². The molecule has 1 saturated heterocycles. The molecule has 0 aromatic rings. The van der Waals surface area contributed by atoms with Gasteiger partial charge in [0.1, 0.15) is 5.60 Å². The lowest BCUT2D eigenvalue weighted by atomic mass is 10.3. The van der Waals surface area contributed by atoms with Crippen molar-refractivity contribution in [3.8, 4) is 0 Å². The van der Waals surface area contributed by atoms with Crippen LogP contribution in [-0.2, 0) is 4.74 Å². The van der Waals surface area contributed by atoms with Crippen LogP contribution in [0.4, 0.5) is 4.79 Å². The highest BCUT2D eigenvalue weighted by Crippen LogP contribution is 2.39. The predicted octanol–water partition coefficient (Wildman–Crippen LogP) is 0.923. The van der Waals surface area contributed by atoms with Crippen molar-refractivity contribution in [3.63, 3.8) is 0 Å². The number of ether oxygens (including phenoxy) is 1. The molecule has 0 aromatic heterocycles. The smallest absolute Gasteiger partial charge is 0.410 e. The Bertz CT molecular complexity index is 230. The predicted molar refractivity (Wildman–Crippen MR) is 53.2 cm³/mol. The summed E-state index contributed by atoms with van der Waals surface area (Å²) in [4.78, 5) is 15.7. The van der Waals surface area contributed by atoms with E-state index in [9.17, 15) is 4.79 Å². The molecule has 14 heavy (non-hydrogen) atoms. The van der Waals surface area contributed by atoms with Gasteiger partial charge in [0.2, 0.25) is 0 Å². The van der Waals surface area contributed by atoms with E-state index in [-0.39, 0.29) is 11.7 Å². The molecule has 0 spiro atoms. The van der Waals surface area contributed by atoms with Gasteiger partial charge in [-0.25, -0.2) is 4.79 Å². The first kappa shape index (κ1) is 9.77. The molecule has 0 radical (unpaired) electrons. The molecule has 0 N–H and O–H groups in total. The molecule has 2 rings (SSSR count). The van der Waals surface area contributed by atoms with Gasteiger partial charge >= 0.3 is 6.09 Å². The van der Waals surface area contributed by atoms with Crippen molar-refractivity contribution < 1.29 is 9.53 Å². The van der Waals surface area contributed by atoms with Crippen molar-refractivity contribution in [2.24, 2.45) is 0 Å². The van der Waals surface area contributed by atoms with Crippen molar-refractivity contribution in [3.05, 3.63) is 0 Å². The topological polar surface area (TPSA) is 32.8 Å². The van der Waals surface area contributed by atoms with Gasteiger partial charge in [0.15, 0.2) is 0 Å². The molecular formula is C10H18N2O2. The summed E-state index contributed by atoms with van der Waals surface area (Å²) >= 11 is 0. The first-order valence-electron chi connectivity index (χ1n) is 5.26. The van der Waals surface area contributed by atoms with E-state index in [0.29, 0.717) is 0 Å². The largest absolute Gasteiger partial charge is 0.443 e. The number of carbonyl (C=O) groups is 1. The molecule has 80 valence electrons. The summed E-state index contributed by atoms with van der Waals surface area (Å²) in [6.07, 6.45) is 1.91. The molecule has 4 heteroatoms. The van der Waals surface area contributed by atoms with Gasteiger partial charge in [-0.2, -0.15) is 0 Å². The molecule has 1 aliphatic carbocycles. The number of amides is 1. The third-order valence-corrected chi connectivity index (χ3v) is 3.05. The number of likely N-dealkylation sites (N-methyl/N-ethyl adjacent to an activating group) is 1. The fraction of sp³-hybridized carbons (Fsp3) is 0.900. The number of hydrogen-bond acceptors (Lipinski definition) is 3. The van der Waals surface area contributed by atoms with E-state index in [2.05, 4.69) is 11.9 Å². The SMILES string of the molecule is CN1CCN(C(=O)OC2(C)CC2)CC1. The summed E-state index contributed by atoms with van der Waals surface area (Å²) in [5, 5.41) is 0. The molecule has 1 heterocycles. The highest BCUT2D eigenvalue weighted by molar-refractivity contribution is 5.68. The van der Waals surface area contributed by atoms with Gasteiger partial charge in [-0.1, -0.05) is 0 Å². The third kappa shape index (κ3) is 2.18. The molecule has 0 unspecified atom stereocenters. The van der Waals surface area contributed by atoms with Crippen LogP contribution in [0.1, 0.15) is 19.8 Å². The zero-order chi connectivity index (χ0) is 10.2. The summed E-state index contributed by atoms with van der Waals surface area (Å²) < 4.78 is 5.39. The van der Waals surface area contributed by atoms with E-state index < -0.39 is 0 Å². The van der Waals surface area contributed by atoms with Gasteiger partial charge in [-0.05, 0) is 26.8 Å². The molecule has 1 saturated carbocycles. The van der Waals surface area contributed by atoms with E-state index in [1.165, 1.54) is 0 Å². The first-order chi connectivity index (χ1) is 6.59. The molecule has 0 bridgehead atoms. The number of piperazine rings is 1. The van der Waals surface area contributed by atoms with Crippen LogP contribution in [-0.4, -0.2) is 54.7 Å². The summed E-state index contributed by atoms with van der Waals surface area (Å²) in [5.74, 6) is 0. The number of rotatable bonds is 1. The average molecular weight is 198 g/mol. The Hall–Kier alpha value is -0.770. The van der Waals surface area contributed by atoms with E-state index >= 15 is 0 Å². The standard InChI is InChI=1S/C10H18N2O2/c1-10(3-4-10)14-9(13)12-7-5-11(2)6-8-12/h3-8H2,1-2H3. The number of hydrogen-bond donors (Lipinski definition) is 0. The number of nitrogens with zero attached hydrogens (tertiary/aromatic N) is 2. The van der Waals surface area contributed by atoms with Crippen LogP contribution in [0.2, 0.25) is 0 Å². The van der Waals surface area contributed by atoms with E-state index in [1.807, 2.05) is 11.8 Å². The minimum atomic E-state index is -0.138. The maximum absolute atomic E-state index is 11.6. The molecule has 0 aromatic carbocycles. The van der Waals surface area contributed by atoms with Crippen molar-refractivity contribution in [1.82, 2.24) is 9.80 Å². The zero-order valence-corrected chi connectivity index (χ0v) is 8.95. The maximum Gasteiger partial charge on any atom is 0.410 e. The Kier molecular flexibility index (Phi) is 2.39. The summed E-state index contributed by atoms with van der Waals surface area (Å²) in [5.41, 5.74) is -0.138. The Balaban J connectivity index is 1.80. The van der Waals surface area contributed by atoms with Crippen molar-refractivity contribution >= 4 is 6.09 Å². The summed E-state index contributed by atoms with van der Waals surface area (Å²) in [7, 11) is 2.07. The Morgan fingerprint density at radius 1 is 1.21 bits per heavy atom.